The van der Waals surface area contributed by atoms with Gasteiger partial charge in [0.25, 0.3) is 5.22 Å². The van der Waals surface area contributed by atoms with Gasteiger partial charge in [0.05, 0.1) is 12.3 Å². The van der Waals surface area contributed by atoms with Gasteiger partial charge in [0.15, 0.2) is 0 Å². The lowest BCUT2D eigenvalue weighted by Crippen LogP contribution is -2.27. The van der Waals surface area contributed by atoms with Crippen LogP contribution in [0.5, 0.6) is 0 Å². The second-order valence-corrected chi connectivity index (χ2v) is 6.72. The third-order valence-corrected chi connectivity index (χ3v) is 4.41. The van der Waals surface area contributed by atoms with E-state index in [2.05, 4.69) is 10.2 Å². The molecule has 2 heterocycles. The molecule has 7 heteroatoms. The summed E-state index contributed by atoms with van der Waals surface area (Å²) in [7, 11) is 1.74. The highest BCUT2D eigenvalue weighted by Crippen LogP contribution is 2.24. The minimum Gasteiger partial charge on any atom is -0.464 e. The Balaban J connectivity index is 1.55. The van der Waals surface area contributed by atoms with Crippen LogP contribution in [0.15, 0.2) is 50.5 Å². The third kappa shape index (κ3) is 4.51. The second-order valence-electron chi connectivity index (χ2n) is 5.79. The Kier molecular flexibility index (Phi) is 5.23. The summed E-state index contributed by atoms with van der Waals surface area (Å²) in [6, 6.07) is 11.6. The molecule has 0 aliphatic rings. The SMILES string of the molecule is Cc1cccc(-c2nnc(SCC(=O)N(C)Cc3ccc(C)o3)o2)c1. The molecule has 1 aromatic carbocycles. The summed E-state index contributed by atoms with van der Waals surface area (Å²) < 4.78 is 11.1. The molecule has 0 saturated carbocycles. The van der Waals surface area contributed by atoms with Gasteiger partial charge in [-0.25, -0.2) is 0 Å². The summed E-state index contributed by atoms with van der Waals surface area (Å²) >= 11 is 1.23. The van der Waals surface area contributed by atoms with Gasteiger partial charge in [-0.05, 0) is 38.1 Å². The number of carbonyl (C=O) groups is 1. The minimum atomic E-state index is -0.0330. The second kappa shape index (κ2) is 7.57. The molecule has 0 saturated heterocycles. The summed E-state index contributed by atoms with van der Waals surface area (Å²) in [5, 5.41) is 8.42. The predicted octanol–water partition coefficient (Wildman–Crippen LogP) is 3.70. The number of aromatic nitrogens is 2. The molecule has 0 aliphatic heterocycles. The van der Waals surface area contributed by atoms with Crippen molar-refractivity contribution in [1.82, 2.24) is 15.1 Å². The quantitative estimate of drug-likeness (QED) is 0.627. The van der Waals surface area contributed by atoms with E-state index in [0.717, 1.165) is 22.6 Å². The maximum atomic E-state index is 12.2. The van der Waals surface area contributed by atoms with Gasteiger partial charge in [0.2, 0.25) is 11.8 Å². The van der Waals surface area contributed by atoms with Gasteiger partial charge in [-0.2, -0.15) is 0 Å². The van der Waals surface area contributed by atoms with Crippen LogP contribution in [0.4, 0.5) is 0 Å². The van der Waals surface area contributed by atoms with Crippen LogP contribution >= 0.6 is 11.8 Å². The van der Waals surface area contributed by atoms with Gasteiger partial charge in [0, 0.05) is 12.6 Å². The van der Waals surface area contributed by atoms with Crippen LogP contribution in [-0.4, -0.2) is 33.8 Å². The number of rotatable bonds is 6. The van der Waals surface area contributed by atoms with Crippen molar-refractivity contribution in [3.8, 4) is 11.5 Å². The van der Waals surface area contributed by atoms with E-state index in [0.29, 0.717) is 17.7 Å². The molecule has 0 atom stereocenters. The van der Waals surface area contributed by atoms with Gasteiger partial charge < -0.3 is 13.7 Å². The minimum absolute atomic E-state index is 0.0330. The number of carbonyl (C=O) groups excluding carboxylic acids is 1. The molecule has 3 aromatic rings. The number of thioether (sulfide) groups is 1. The lowest BCUT2D eigenvalue weighted by atomic mass is 10.1. The number of amides is 1. The first-order valence-electron chi connectivity index (χ1n) is 7.84. The van der Waals surface area contributed by atoms with Gasteiger partial charge >= 0.3 is 0 Å². The van der Waals surface area contributed by atoms with E-state index in [9.17, 15) is 4.79 Å². The van der Waals surface area contributed by atoms with E-state index >= 15 is 0 Å². The highest BCUT2D eigenvalue weighted by atomic mass is 32.2. The van der Waals surface area contributed by atoms with Crippen molar-refractivity contribution in [1.29, 1.82) is 0 Å². The van der Waals surface area contributed by atoms with E-state index < -0.39 is 0 Å². The zero-order chi connectivity index (χ0) is 17.8. The van der Waals surface area contributed by atoms with Crippen molar-refractivity contribution in [2.45, 2.75) is 25.6 Å². The highest BCUT2D eigenvalue weighted by Gasteiger charge is 2.15. The van der Waals surface area contributed by atoms with Crippen LogP contribution in [-0.2, 0) is 11.3 Å². The summed E-state index contributed by atoms with van der Waals surface area (Å²) in [4.78, 5) is 13.8. The molecule has 0 radical (unpaired) electrons. The summed E-state index contributed by atoms with van der Waals surface area (Å²) in [5.41, 5.74) is 1.99. The molecule has 2 aromatic heterocycles. The molecular formula is C18H19N3O3S. The van der Waals surface area contributed by atoms with Crippen LogP contribution in [0.3, 0.4) is 0 Å². The maximum Gasteiger partial charge on any atom is 0.277 e. The molecule has 0 bridgehead atoms. The predicted molar refractivity (Wildman–Crippen MR) is 95.1 cm³/mol. The van der Waals surface area contributed by atoms with E-state index in [1.807, 2.05) is 50.2 Å². The molecular weight excluding hydrogens is 338 g/mol. The molecule has 0 N–H and O–H groups in total. The first kappa shape index (κ1) is 17.3. The van der Waals surface area contributed by atoms with Gasteiger partial charge in [0.1, 0.15) is 11.5 Å². The molecule has 1 amide bonds. The van der Waals surface area contributed by atoms with Crippen molar-refractivity contribution in [2.75, 3.05) is 12.8 Å². The Morgan fingerprint density at radius 1 is 1.16 bits per heavy atom. The summed E-state index contributed by atoms with van der Waals surface area (Å²) in [5.74, 6) is 2.25. The smallest absolute Gasteiger partial charge is 0.277 e. The number of hydrogen-bond acceptors (Lipinski definition) is 6. The number of nitrogens with zero attached hydrogens (tertiary/aromatic N) is 3. The summed E-state index contributed by atoms with van der Waals surface area (Å²) in [6.45, 7) is 4.32. The molecule has 0 spiro atoms. The Bertz CT molecular complexity index is 872. The third-order valence-electron chi connectivity index (χ3n) is 3.61. The lowest BCUT2D eigenvalue weighted by molar-refractivity contribution is -0.127. The van der Waals surface area contributed by atoms with Crippen molar-refractivity contribution in [3.05, 3.63) is 53.5 Å². The standard InChI is InChI=1S/C18H19N3O3S/c1-12-5-4-6-14(9-12)17-19-20-18(24-17)25-11-16(22)21(3)10-15-8-7-13(2)23-15/h4-9H,10-11H2,1-3H3. The lowest BCUT2D eigenvalue weighted by Gasteiger charge is -2.14. The Morgan fingerprint density at radius 2 is 2.00 bits per heavy atom. The molecule has 130 valence electrons. The van der Waals surface area contributed by atoms with E-state index in [1.54, 1.807) is 11.9 Å². The Hall–Kier alpha value is -2.54. The van der Waals surface area contributed by atoms with Gasteiger partial charge in [-0.1, -0.05) is 29.5 Å². The van der Waals surface area contributed by atoms with Crippen molar-refractivity contribution < 1.29 is 13.6 Å². The van der Waals surface area contributed by atoms with Crippen LogP contribution in [0.1, 0.15) is 17.1 Å². The monoisotopic (exact) mass is 357 g/mol. The normalized spacial score (nSPS) is 10.8. The van der Waals surface area contributed by atoms with Crippen molar-refractivity contribution in [3.63, 3.8) is 0 Å². The van der Waals surface area contributed by atoms with Crippen LogP contribution in [0, 0.1) is 13.8 Å². The van der Waals surface area contributed by atoms with Crippen molar-refractivity contribution in [2.24, 2.45) is 0 Å². The molecule has 6 nitrogen and oxygen atoms in total. The average Bonchev–Trinajstić information content (AvgIpc) is 3.21. The fraction of sp³-hybridized carbons (Fsp3) is 0.278. The van der Waals surface area contributed by atoms with E-state index in [-0.39, 0.29) is 11.7 Å². The zero-order valence-electron chi connectivity index (χ0n) is 14.4. The zero-order valence-corrected chi connectivity index (χ0v) is 15.2. The number of hydrogen-bond donors (Lipinski definition) is 0. The van der Waals surface area contributed by atoms with Gasteiger partial charge in [-0.15, -0.1) is 10.2 Å². The first-order chi connectivity index (χ1) is 12.0. The maximum absolute atomic E-state index is 12.2. The number of aryl methyl sites for hydroxylation is 2. The molecule has 0 aliphatic carbocycles. The number of benzene rings is 1. The number of furan rings is 1. The molecule has 0 unspecified atom stereocenters. The topological polar surface area (TPSA) is 72.4 Å². The molecule has 0 fully saturated rings. The van der Waals surface area contributed by atoms with Crippen LogP contribution in [0.2, 0.25) is 0 Å². The van der Waals surface area contributed by atoms with E-state index in [1.165, 1.54) is 11.8 Å². The fourth-order valence-corrected chi connectivity index (χ4v) is 2.99. The molecule has 3 rings (SSSR count). The summed E-state index contributed by atoms with van der Waals surface area (Å²) in [6.07, 6.45) is 0. The van der Waals surface area contributed by atoms with Gasteiger partial charge in [-0.3, -0.25) is 4.79 Å². The highest BCUT2D eigenvalue weighted by molar-refractivity contribution is 7.99. The van der Waals surface area contributed by atoms with E-state index in [4.69, 9.17) is 8.83 Å². The Morgan fingerprint density at radius 3 is 2.72 bits per heavy atom. The molecule has 25 heavy (non-hydrogen) atoms. The van der Waals surface area contributed by atoms with Crippen molar-refractivity contribution >= 4 is 17.7 Å². The average molecular weight is 357 g/mol. The Labute approximate surface area is 150 Å². The van der Waals surface area contributed by atoms with Crippen LogP contribution in [0.25, 0.3) is 11.5 Å². The first-order valence-corrected chi connectivity index (χ1v) is 8.82. The van der Waals surface area contributed by atoms with Crippen LogP contribution < -0.4 is 0 Å². The fourth-order valence-electron chi connectivity index (χ4n) is 2.29. The largest absolute Gasteiger partial charge is 0.464 e.